The van der Waals surface area contributed by atoms with Crippen molar-refractivity contribution in [2.45, 2.75) is 0 Å². The quantitative estimate of drug-likeness (QED) is 0.625. The Morgan fingerprint density at radius 3 is 2.36 bits per heavy atom. The van der Waals surface area contributed by atoms with Crippen molar-refractivity contribution in [1.29, 1.82) is 0 Å². The molecule has 0 fully saturated rings. The molecule has 1 heterocycles. The summed E-state index contributed by atoms with van der Waals surface area (Å²) in [5.74, 6) is -1.28. The van der Waals surface area contributed by atoms with E-state index < -0.39 is 11.9 Å². The van der Waals surface area contributed by atoms with E-state index in [1.165, 1.54) is 25.1 Å². The zero-order chi connectivity index (χ0) is 10.7. The summed E-state index contributed by atoms with van der Waals surface area (Å²) in [6.45, 7) is 0. The van der Waals surface area contributed by atoms with Crippen LogP contribution in [0.2, 0.25) is 0 Å². The number of aromatic nitrogens is 2. The Balaban J connectivity index is 3.19. The number of aryl methyl sites for hydroxylation is 1. The fraction of sp³-hybridized carbons (Fsp3) is 0.375. The minimum absolute atomic E-state index is 0.0400. The first-order valence-corrected chi connectivity index (χ1v) is 3.79. The molecule has 0 atom stereocenters. The molecule has 0 aromatic carbocycles. The lowest BCUT2D eigenvalue weighted by atomic mass is 10.3. The Morgan fingerprint density at radius 1 is 1.29 bits per heavy atom. The summed E-state index contributed by atoms with van der Waals surface area (Å²) < 4.78 is 10.4. The monoisotopic (exact) mass is 198 g/mol. The van der Waals surface area contributed by atoms with E-state index in [2.05, 4.69) is 14.5 Å². The molecule has 0 saturated carbocycles. The number of ether oxygens (including phenoxy) is 2. The molecule has 0 spiro atoms. The van der Waals surface area contributed by atoms with Gasteiger partial charge in [0, 0.05) is 7.05 Å². The second-order valence-electron chi connectivity index (χ2n) is 2.54. The molecule has 1 aromatic heterocycles. The number of methoxy groups -OCH3 is 2. The van der Waals surface area contributed by atoms with E-state index in [1.54, 1.807) is 7.05 Å². The van der Waals surface area contributed by atoms with Crippen LogP contribution in [0.5, 0.6) is 0 Å². The van der Waals surface area contributed by atoms with E-state index in [9.17, 15) is 9.59 Å². The highest BCUT2D eigenvalue weighted by molar-refractivity contribution is 6.00. The molecule has 76 valence electrons. The Bertz CT molecular complexity index is 369. The van der Waals surface area contributed by atoms with Crippen molar-refractivity contribution < 1.29 is 19.1 Å². The van der Waals surface area contributed by atoms with Crippen LogP contribution in [-0.4, -0.2) is 35.7 Å². The third kappa shape index (κ3) is 1.59. The van der Waals surface area contributed by atoms with Crippen LogP contribution < -0.4 is 0 Å². The van der Waals surface area contributed by atoms with Crippen LogP contribution in [0.1, 0.15) is 21.0 Å². The molecule has 0 aliphatic rings. The number of hydrogen-bond acceptors (Lipinski definition) is 5. The summed E-state index contributed by atoms with van der Waals surface area (Å²) in [6, 6.07) is 0. The zero-order valence-corrected chi connectivity index (χ0v) is 8.10. The first-order chi connectivity index (χ1) is 6.61. The molecule has 14 heavy (non-hydrogen) atoms. The maximum atomic E-state index is 11.2. The van der Waals surface area contributed by atoms with Gasteiger partial charge in [0.25, 0.3) is 0 Å². The second kappa shape index (κ2) is 3.91. The molecular formula is C8H10N2O4. The maximum absolute atomic E-state index is 11.2. The minimum Gasteiger partial charge on any atom is -0.464 e. The van der Waals surface area contributed by atoms with Crippen molar-refractivity contribution in [3.8, 4) is 0 Å². The number of esters is 2. The predicted octanol–water partition coefficient (Wildman–Crippen LogP) is -0.00670. The largest absolute Gasteiger partial charge is 0.464 e. The Labute approximate surface area is 80.4 Å². The summed E-state index contributed by atoms with van der Waals surface area (Å²) in [7, 11) is 4.04. The highest BCUT2D eigenvalue weighted by Crippen LogP contribution is 2.08. The van der Waals surface area contributed by atoms with E-state index in [-0.39, 0.29) is 11.4 Å². The van der Waals surface area contributed by atoms with Crippen LogP contribution in [0.4, 0.5) is 0 Å². The van der Waals surface area contributed by atoms with Gasteiger partial charge in [-0.15, -0.1) is 0 Å². The van der Waals surface area contributed by atoms with E-state index in [1.807, 2.05) is 0 Å². The predicted molar refractivity (Wildman–Crippen MR) is 45.9 cm³/mol. The van der Waals surface area contributed by atoms with Crippen LogP contribution in [0.25, 0.3) is 0 Å². The smallest absolute Gasteiger partial charge is 0.359 e. The number of nitrogens with zero attached hydrogens (tertiary/aromatic N) is 2. The number of imidazole rings is 1. The van der Waals surface area contributed by atoms with E-state index in [4.69, 9.17) is 0 Å². The molecule has 0 amide bonds. The lowest BCUT2D eigenvalue weighted by Crippen LogP contribution is -2.14. The average Bonchev–Trinajstić information content (AvgIpc) is 2.58. The van der Waals surface area contributed by atoms with Crippen LogP contribution in [0.3, 0.4) is 0 Å². The first-order valence-electron chi connectivity index (χ1n) is 3.79. The molecule has 6 heteroatoms. The zero-order valence-electron chi connectivity index (χ0n) is 8.10. The average molecular weight is 198 g/mol. The van der Waals surface area contributed by atoms with Crippen molar-refractivity contribution in [2.24, 2.45) is 7.05 Å². The van der Waals surface area contributed by atoms with Crippen LogP contribution in [0.15, 0.2) is 6.33 Å². The summed E-state index contributed by atoms with van der Waals surface area (Å²) in [5, 5.41) is 0. The van der Waals surface area contributed by atoms with Crippen LogP contribution in [-0.2, 0) is 16.5 Å². The summed E-state index contributed by atoms with van der Waals surface area (Å²) in [5.41, 5.74) is 0.0428. The molecule has 6 nitrogen and oxygen atoms in total. The summed E-state index contributed by atoms with van der Waals surface area (Å²) in [6.07, 6.45) is 1.35. The number of rotatable bonds is 2. The lowest BCUT2D eigenvalue weighted by Gasteiger charge is -2.01. The highest BCUT2D eigenvalue weighted by Gasteiger charge is 2.23. The molecule has 0 N–H and O–H groups in total. The van der Waals surface area contributed by atoms with Crippen molar-refractivity contribution >= 4 is 11.9 Å². The van der Waals surface area contributed by atoms with E-state index in [0.29, 0.717) is 0 Å². The topological polar surface area (TPSA) is 70.4 Å². The molecule has 0 unspecified atom stereocenters. The SMILES string of the molecule is COC(=O)c1ncn(C)c1C(=O)OC. The lowest BCUT2D eigenvalue weighted by molar-refractivity contribution is 0.0544. The van der Waals surface area contributed by atoms with Gasteiger partial charge in [-0.3, -0.25) is 0 Å². The fourth-order valence-electron chi connectivity index (χ4n) is 1.01. The number of carbonyl (C=O) groups excluding carboxylic acids is 2. The first kappa shape index (κ1) is 10.2. The standard InChI is InChI=1S/C8H10N2O4/c1-10-4-9-5(7(11)13-2)6(10)8(12)14-3/h4H,1-3H3. The number of hydrogen-bond donors (Lipinski definition) is 0. The van der Waals surface area contributed by atoms with Gasteiger partial charge in [0.15, 0.2) is 11.4 Å². The molecule has 1 rings (SSSR count). The van der Waals surface area contributed by atoms with Gasteiger partial charge >= 0.3 is 11.9 Å². The van der Waals surface area contributed by atoms with Gasteiger partial charge in [-0.05, 0) is 0 Å². The van der Waals surface area contributed by atoms with Gasteiger partial charge in [0.05, 0.1) is 20.5 Å². The van der Waals surface area contributed by atoms with Crippen molar-refractivity contribution in [3.63, 3.8) is 0 Å². The Morgan fingerprint density at radius 2 is 1.86 bits per heavy atom. The molecule has 1 aromatic rings. The Kier molecular flexibility index (Phi) is 2.85. The van der Waals surface area contributed by atoms with Crippen molar-refractivity contribution in [1.82, 2.24) is 9.55 Å². The highest BCUT2D eigenvalue weighted by atomic mass is 16.5. The third-order valence-corrected chi connectivity index (χ3v) is 1.69. The Hall–Kier alpha value is -1.85. The molecular weight excluding hydrogens is 188 g/mol. The van der Waals surface area contributed by atoms with Gasteiger partial charge < -0.3 is 14.0 Å². The van der Waals surface area contributed by atoms with Crippen LogP contribution in [0, 0.1) is 0 Å². The normalized spacial score (nSPS) is 9.64. The number of carbonyl (C=O) groups is 2. The molecule has 0 aliphatic heterocycles. The summed E-state index contributed by atoms with van der Waals surface area (Å²) in [4.78, 5) is 26.2. The maximum Gasteiger partial charge on any atom is 0.359 e. The molecule has 0 saturated heterocycles. The summed E-state index contributed by atoms with van der Waals surface area (Å²) >= 11 is 0. The van der Waals surface area contributed by atoms with Gasteiger partial charge in [0.2, 0.25) is 0 Å². The van der Waals surface area contributed by atoms with Crippen molar-refractivity contribution in [2.75, 3.05) is 14.2 Å². The van der Waals surface area contributed by atoms with E-state index in [0.717, 1.165) is 0 Å². The second-order valence-corrected chi connectivity index (χ2v) is 2.54. The van der Waals surface area contributed by atoms with Crippen molar-refractivity contribution in [3.05, 3.63) is 17.7 Å². The van der Waals surface area contributed by atoms with E-state index >= 15 is 0 Å². The van der Waals surface area contributed by atoms with Gasteiger partial charge in [0.1, 0.15) is 0 Å². The molecule has 0 radical (unpaired) electrons. The van der Waals surface area contributed by atoms with Gasteiger partial charge in [-0.2, -0.15) is 0 Å². The van der Waals surface area contributed by atoms with Gasteiger partial charge in [-0.25, -0.2) is 14.6 Å². The fourth-order valence-corrected chi connectivity index (χ4v) is 1.01. The molecule has 0 aliphatic carbocycles. The van der Waals surface area contributed by atoms with Gasteiger partial charge in [-0.1, -0.05) is 0 Å². The minimum atomic E-state index is -0.661. The molecule has 0 bridgehead atoms. The third-order valence-electron chi connectivity index (χ3n) is 1.69. The van der Waals surface area contributed by atoms with Crippen LogP contribution >= 0.6 is 0 Å².